The minimum Gasteiger partial charge on any atom is -0.494 e. The van der Waals surface area contributed by atoms with Crippen molar-refractivity contribution in [2.45, 2.75) is 83.7 Å². The van der Waals surface area contributed by atoms with E-state index in [1.807, 2.05) is 26.0 Å². The van der Waals surface area contributed by atoms with E-state index in [1.54, 1.807) is 0 Å². The first-order valence-electron chi connectivity index (χ1n) is 12.9. The van der Waals surface area contributed by atoms with Gasteiger partial charge in [0.25, 0.3) is 0 Å². The summed E-state index contributed by atoms with van der Waals surface area (Å²) in [7, 11) is 0. The third kappa shape index (κ3) is 4.26. The van der Waals surface area contributed by atoms with Crippen molar-refractivity contribution < 1.29 is 14.3 Å². The number of allylic oxidation sites excluding steroid dienone is 4. The van der Waals surface area contributed by atoms with Crippen molar-refractivity contribution in [3.8, 4) is 5.75 Å². The molecule has 1 aromatic carbocycles. The summed E-state index contributed by atoms with van der Waals surface area (Å²) in [6.07, 6.45) is 12.9. The lowest BCUT2D eigenvalue weighted by molar-refractivity contribution is 0.0989. The summed E-state index contributed by atoms with van der Waals surface area (Å²) in [6, 6.07) is 6.75. The van der Waals surface area contributed by atoms with Crippen LogP contribution in [0.4, 0.5) is 4.79 Å². The summed E-state index contributed by atoms with van der Waals surface area (Å²) in [5.74, 6) is 1.02. The number of aromatic nitrogens is 1. The summed E-state index contributed by atoms with van der Waals surface area (Å²) in [6.45, 7) is 4.54. The van der Waals surface area contributed by atoms with E-state index < -0.39 is 0 Å². The number of carbonyl (C=O) groups excluding carboxylic acids is 2. The molecule has 0 bridgehead atoms. The van der Waals surface area contributed by atoms with Crippen LogP contribution in [0.1, 0.15) is 93.7 Å². The van der Waals surface area contributed by atoms with Gasteiger partial charge in [-0.05, 0) is 82.1 Å². The van der Waals surface area contributed by atoms with Crippen LogP contribution in [0, 0.1) is 0 Å². The largest absolute Gasteiger partial charge is 0.494 e. The van der Waals surface area contributed by atoms with E-state index in [2.05, 4.69) is 33.4 Å². The monoisotopic (exact) mass is 461 g/mol. The minimum atomic E-state index is -0.110. The molecule has 6 heteroatoms. The van der Waals surface area contributed by atoms with Crippen LogP contribution in [0.2, 0.25) is 0 Å². The summed E-state index contributed by atoms with van der Waals surface area (Å²) in [5.41, 5.74) is 5.09. The van der Waals surface area contributed by atoms with Crippen molar-refractivity contribution in [2.75, 3.05) is 6.61 Å². The van der Waals surface area contributed by atoms with Gasteiger partial charge in [-0.1, -0.05) is 13.0 Å². The molecular formula is C28H35N3O3. The van der Waals surface area contributed by atoms with Gasteiger partial charge in [-0.25, -0.2) is 4.79 Å². The highest BCUT2D eigenvalue weighted by Gasteiger charge is 2.31. The number of Topliss-reactive ketones (excluding diaryl/α,β-unsaturated/α-hetero) is 1. The Morgan fingerprint density at radius 2 is 1.85 bits per heavy atom. The van der Waals surface area contributed by atoms with Crippen LogP contribution in [-0.2, 0) is 0 Å². The number of nitrogens with one attached hydrogen (secondary N) is 2. The molecule has 34 heavy (non-hydrogen) atoms. The molecule has 1 aromatic heterocycles. The SMILES string of the molecule is CCOc1ccc2c(C(=O)CC)c(C3=CC=C(NC(=O)NC4CCC4)CC3)n(C3CCC3)c2c1. The van der Waals surface area contributed by atoms with Crippen molar-refractivity contribution in [1.82, 2.24) is 15.2 Å². The van der Waals surface area contributed by atoms with Crippen LogP contribution in [0.25, 0.3) is 16.5 Å². The number of rotatable bonds is 8. The fourth-order valence-electron chi connectivity index (χ4n) is 5.20. The first-order valence-corrected chi connectivity index (χ1v) is 12.9. The fourth-order valence-corrected chi connectivity index (χ4v) is 5.20. The van der Waals surface area contributed by atoms with Gasteiger partial charge in [-0.3, -0.25) is 4.79 Å². The van der Waals surface area contributed by atoms with Gasteiger partial charge < -0.3 is 19.9 Å². The van der Waals surface area contributed by atoms with Gasteiger partial charge in [0.05, 0.1) is 23.4 Å². The van der Waals surface area contributed by atoms with Crippen molar-refractivity contribution in [2.24, 2.45) is 0 Å². The Labute approximate surface area is 201 Å². The number of urea groups is 1. The predicted octanol–water partition coefficient (Wildman–Crippen LogP) is 6.27. The normalized spacial score (nSPS) is 18.5. The number of ether oxygens (including phenoxy) is 1. The average molecular weight is 462 g/mol. The van der Waals surface area contributed by atoms with Gasteiger partial charge in [0.1, 0.15) is 5.75 Å². The molecule has 1 heterocycles. The number of benzene rings is 1. The topological polar surface area (TPSA) is 72.4 Å². The van der Waals surface area contributed by atoms with Crippen LogP contribution in [-0.4, -0.2) is 29.0 Å². The lowest BCUT2D eigenvalue weighted by Crippen LogP contribution is -2.44. The van der Waals surface area contributed by atoms with E-state index in [1.165, 1.54) is 18.4 Å². The van der Waals surface area contributed by atoms with Crippen molar-refractivity contribution >= 4 is 28.3 Å². The van der Waals surface area contributed by atoms with Crippen LogP contribution < -0.4 is 15.4 Å². The highest BCUT2D eigenvalue weighted by molar-refractivity contribution is 6.12. The van der Waals surface area contributed by atoms with Crippen molar-refractivity contribution in [3.63, 3.8) is 0 Å². The molecule has 0 aliphatic heterocycles. The van der Waals surface area contributed by atoms with Gasteiger partial charge in [0.2, 0.25) is 0 Å². The molecule has 0 radical (unpaired) electrons. The molecule has 2 N–H and O–H groups in total. The number of hydrogen-bond acceptors (Lipinski definition) is 3. The molecule has 2 amide bonds. The highest BCUT2D eigenvalue weighted by Crippen LogP contribution is 2.44. The molecule has 2 fully saturated rings. The molecule has 3 aliphatic rings. The quantitative estimate of drug-likeness (QED) is 0.455. The summed E-state index contributed by atoms with van der Waals surface area (Å²) in [5, 5.41) is 7.08. The molecule has 0 atom stereocenters. The van der Waals surface area contributed by atoms with Crippen LogP contribution >= 0.6 is 0 Å². The first-order chi connectivity index (χ1) is 16.6. The van der Waals surface area contributed by atoms with E-state index in [0.29, 0.717) is 25.1 Å². The van der Waals surface area contributed by atoms with E-state index in [0.717, 1.165) is 72.1 Å². The number of carbonyl (C=O) groups is 2. The Morgan fingerprint density at radius 1 is 1.06 bits per heavy atom. The Morgan fingerprint density at radius 3 is 2.44 bits per heavy atom. The fraction of sp³-hybridized carbons (Fsp3) is 0.500. The number of amides is 2. The second-order valence-corrected chi connectivity index (χ2v) is 9.68. The minimum absolute atomic E-state index is 0.110. The number of ketones is 1. The smallest absolute Gasteiger partial charge is 0.319 e. The second-order valence-electron chi connectivity index (χ2n) is 9.68. The molecule has 2 aromatic rings. The average Bonchev–Trinajstić information content (AvgIpc) is 3.09. The molecule has 2 saturated carbocycles. The molecule has 5 rings (SSSR count). The maximum Gasteiger partial charge on any atom is 0.319 e. The zero-order valence-electron chi connectivity index (χ0n) is 20.3. The van der Waals surface area contributed by atoms with Crippen molar-refractivity contribution in [1.29, 1.82) is 0 Å². The number of fused-ring (bicyclic) bond motifs is 1. The molecule has 6 nitrogen and oxygen atoms in total. The van der Waals surface area contributed by atoms with Gasteiger partial charge in [0.15, 0.2) is 5.78 Å². The van der Waals surface area contributed by atoms with E-state index in [4.69, 9.17) is 4.74 Å². The van der Waals surface area contributed by atoms with Gasteiger partial charge in [0, 0.05) is 35.7 Å². The van der Waals surface area contributed by atoms with Gasteiger partial charge in [-0.2, -0.15) is 0 Å². The van der Waals surface area contributed by atoms with Gasteiger partial charge >= 0.3 is 6.03 Å². The van der Waals surface area contributed by atoms with E-state index in [9.17, 15) is 9.59 Å². The Balaban J connectivity index is 1.53. The zero-order chi connectivity index (χ0) is 23.7. The van der Waals surface area contributed by atoms with Crippen LogP contribution in [0.15, 0.2) is 36.0 Å². The Bertz CT molecular complexity index is 1170. The summed E-state index contributed by atoms with van der Waals surface area (Å²) >= 11 is 0. The summed E-state index contributed by atoms with van der Waals surface area (Å²) in [4.78, 5) is 25.5. The van der Waals surface area contributed by atoms with E-state index >= 15 is 0 Å². The molecule has 180 valence electrons. The zero-order valence-corrected chi connectivity index (χ0v) is 20.3. The van der Waals surface area contributed by atoms with Crippen LogP contribution in [0.5, 0.6) is 5.75 Å². The summed E-state index contributed by atoms with van der Waals surface area (Å²) < 4.78 is 8.21. The van der Waals surface area contributed by atoms with Gasteiger partial charge in [-0.15, -0.1) is 0 Å². The Hall–Kier alpha value is -3.02. The van der Waals surface area contributed by atoms with Crippen LogP contribution in [0.3, 0.4) is 0 Å². The molecule has 0 unspecified atom stereocenters. The van der Waals surface area contributed by atoms with E-state index in [-0.39, 0.29) is 11.8 Å². The highest BCUT2D eigenvalue weighted by atomic mass is 16.5. The number of nitrogens with zero attached hydrogens (tertiary/aromatic N) is 1. The molecular weight excluding hydrogens is 426 g/mol. The van der Waals surface area contributed by atoms with Crippen molar-refractivity contribution in [3.05, 3.63) is 47.3 Å². The predicted molar refractivity (Wildman–Crippen MR) is 135 cm³/mol. The standard InChI is InChI=1S/C28H35N3O3/c1-3-25(32)26-23-16-15-22(34-4-2)17-24(23)31(21-9-6-10-21)27(26)18-11-13-20(14-12-18)30-28(33)29-19-7-5-8-19/h11,13,15-17,19,21H,3-10,12,14H2,1-2H3,(H2,29,30,33). The first kappa shape index (κ1) is 22.8. The third-order valence-corrected chi connectivity index (χ3v) is 7.49. The maximum absolute atomic E-state index is 13.2. The lowest BCUT2D eigenvalue weighted by Gasteiger charge is -2.31. The third-order valence-electron chi connectivity index (χ3n) is 7.49. The second kappa shape index (κ2) is 9.69. The maximum atomic E-state index is 13.2. The molecule has 0 spiro atoms. The molecule has 0 saturated heterocycles. The lowest BCUT2D eigenvalue weighted by atomic mass is 9.90. The molecule has 3 aliphatic carbocycles. The Kier molecular flexibility index (Phi) is 6.48. The number of hydrogen-bond donors (Lipinski definition) is 2.